The third kappa shape index (κ3) is 3.91. The van der Waals surface area contributed by atoms with E-state index in [0.29, 0.717) is 0 Å². The van der Waals surface area contributed by atoms with E-state index in [9.17, 15) is 9.59 Å². The molecule has 2 unspecified atom stereocenters. The summed E-state index contributed by atoms with van der Waals surface area (Å²) in [6.45, 7) is 7.20. The van der Waals surface area contributed by atoms with Gasteiger partial charge < -0.3 is 10.0 Å². The van der Waals surface area contributed by atoms with E-state index in [4.69, 9.17) is 5.11 Å². The van der Waals surface area contributed by atoms with Crippen LogP contribution >= 0.6 is 11.8 Å². The molecule has 1 aliphatic rings. The van der Waals surface area contributed by atoms with Crippen LogP contribution < -0.4 is 0 Å². The third-order valence-corrected chi connectivity index (χ3v) is 4.61. The van der Waals surface area contributed by atoms with E-state index >= 15 is 0 Å². The van der Waals surface area contributed by atoms with E-state index < -0.39 is 11.2 Å². The van der Waals surface area contributed by atoms with Gasteiger partial charge in [-0.15, -0.1) is 11.8 Å². The number of likely N-dealkylation sites (tertiary alicyclic amines) is 1. The van der Waals surface area contributed by atoms with Gasteiger partial charge in [0.05, 0.1) is 5.25 Å². The molecular formula is C12H21NO3S. The number of aliphatic carboxylic acids is 1. The zero-order valence-corrected chi connectivity index (χ0v) is 11.5. The van der Waals surface area contributed by atoms with Crippen molar-refractivity contribution in [2.24, 2.45) is 5.92 Å². The second-order valence-electron chi connectivity index (χ2n) is 4.81. The molecule has 17 heavy (non-hydrogen) atoms. The molecule has 5 heteroatoms. The first-order valence-corrected chi connectivity index (χ1v) is 7.04. The van der Waals surface area contributed by atoms with Crippen LogP contribution in [-0.2, 0) is 9.59 Å². The van der Waals surface area contributed by atoms with Crippen molar-refractivity contribution in [2.45, 2.75) is 44.1 Å². The fraction of sp³-hybridized carbons (Fsp3) is 0.833. The molecule has 4 nitrogen and oxygen atoms in total. The van der Waals surface area contributed by atoms with Gasteiger partial charge in [0.15, 0.2) is 0 Å². The summed E-state index contributed by atoms with van der Waals surface area (Å²) in [4.78, 5) is 25.0. The van der Waals surface area contributed by atoms with Crippen molar-refractivity contribution in [1.82, 2.24) is 4.90 Å². The standard InChI is InChI=1S/C12H21NO3S/c1-8(2)10(12(15)16)17-9(3)11(14)13-6-4-5-7-13/h8-10H,4-7H2,1-3H3,(H,15,16). The molecule has 1 N–H and O–H groups in total. The maximum atomic E-state index is 12.0. The van der Waals surface area contributed by atoms with E-state index in [1.807, 2.05) is 25.7 Å². The zero-order chi connectivity index (χ0) is 13.0. The van der Waals surface area contributed by atoms with Crippen LogP contribution in [0.4, 0.5) is 0 Å². The Morgan fingerprint density at radius 1 is 1.18 bits per heavy atom. The summed E-state index contributed by atoms with van der Waals surface area (Å²) in [5.41, 5.74) is 0. The van der Waals surface area contributed by atoms with E-state index in [1.165, 1.54) is 11.8 Å². The maximum absolute atomic E-state index is 12.0. The number of hydrogen-bond acceptors (Lipinski definition) is 3. The number of amides is 1. The van der Waals surface area contributed by atoms with Gasteiger partial charge in [0, 0.05) is 13.1 Å². The molecular weight excluding hydrogens is 238 g/mol. The lowest BCUT2D eigenvalue weighted by Gasteiger charge is -2.23. The average molecular weight is 259 g/mol. The Kier molecular flexibility index (Phi) is 5.31. The van der Waals surface area contributed by atoms with Crippen molar-refractivity contribution in [1.29, 1.82) is 0 Å². The highest BCUT2D eigenvalue weighted by atomic mass is 32.2. The van der Waals surface area contributed by atoms with Crippen LogP contribution in [0.25, 0.3) is 0 Å². The fourth-order valence-electron chi connectivity index (χ4n) is 1.97. The fourth-order valence-corrected chi connectivity index (χ4v) is 3.11. The molecule has 0 bridgehead atoms. The highest BCUT2D eigenvalue weighted by Crippen LogP contribution is 2.26. The van der Waals surface area contributed by atoms with Gasteiger partial charge >= 0.3 is 5.97 Å². The molecule has 2 atom stereocenters. The van der Waals surface area contributed by atoms with Crippen molar-refractivity contribution in [3.05, 3.63) is 0 Å². The molecule has 1 fully saturated rings. The topological polar surface area (TPSA) is 57.6 Å². The summed E-state index contributed by atoms with van der Waals surface area (Å²) < 4.78 is 0. The van der Waals surface area contributed by atoms with Crippen LogP contribution in [0.3, 0.4) is 0 Å². The molecule has 1 saturated heterocycles. The number of carboxylic acid groups (broad SMARTS) is 1. The summed E-state index contributed by atoms with van der Waals surface area (Å²) >= 11 is 1.27. The molecule has 98 valence electrons. The number of carboxylic acids is 1. The van der Waals surface area contributed by atoms with E-state index in [-0.39, 0.29) is 17.1 Å². The Bertz CT molecular complexity index is 287. The second-order valence-corrected chi connectivity index (χ2v) is 6.30. The third-order valence-electron chi connectivity index (χ3n) is 2.97. The van der Waals surface area contributed by atoms with Crippen molar-refractivity contribution in [3.8, 4) is 0 Å². The molecule has 0 spiro atoms. The molecule has 1 amide bonds. The maximum Gasteiger partial charge on any atom is 0.316 e. The molecule has 0 radical (unpaired) electrons. The first-order chi connectivity index (χ1) is 7.93. The molecule has 0 aromatic rings. The lowest BCUT2D eigenvalue weighted by Crippen LogP contribution is -2.36. The van der Waals surface area contributed by atoms with Gasteiger partial charge in [0.2, 0.25) is 5.91 Å². The zero-order valence-electron chi connectivity index (χ0n) is 10.7. The minimum Gasteiger partial charge on any atom is -0.480 e. The van der Waals surface area contributed by atoms with Crippen LogP contribution in [-0.4, -0.2) is 45.5 Å². The van der Waals surface area contributed by atoms with Gasteiger partial charge in [-0.3, -0.25) is 9.59 Å². The highest BCUT2D eigenvalue weighted by molar-refractivity contribution is 8.01. The Morgan fingerprint density at radius 3 is 2.12 bits per heavy atom. The highest BCUT2D eigenvalue weighted by Gasteiger charge is 2.30. The molecule has 1 rings (SSSR count). The van der Waals surface area contributed by atoms with Gasteiger partial charge in [-0.25, -0.2) is 0 Å². The Balaban J connectivity index is 2.54. The number of carbonyl (C=O) groups is 2. The first kappa shape index (κ1) is 14.4. The van der Waals surface area contributed by atoms with Crippen LogP contribution in [0, 0.1) is 5.92 Å². The normalized spacial score (nSPS) is 19.4. The Morgan fingerprint density at radius 2 is 1.71 bits per heavy atom. The first-order valence-electron chi connectivity index (χ1n) is 6.10. The predicted molar refractivity (Wildman–Crippen MR) is 69.1 cm³/mol. The van der Waals surface area contributed by atoms with Crippen LogP contribution in [0.2, 0.25) is 0 Å². The Hall–Kier alpha value is -0.710. The van der Waals surface area contributed by atoms with Crippen molar-refractivity contribution in [3.63, 3.8) is 0 Å². The summed E-state index contributed by atoms with van der Waals surface area (Å²) in [6.07, 6.45) is 2.13. The summed E-state index contributed by atoms with van der Waals surface area (Å²) in [7, 11) is 0. The molecule has 0 aromatic heterocycles. The van der Waals surface area contributed by atoms with Crippen molar-refractivity contribution >= 4 is 23.6 Å². The number of thioether (sulfide) groups is 1. The van der Waals surface area contributed by atoms with Gasteiger partial charge in [-0.2, -0.15) is 0 Å². The Labute approximate surface area is 107 Å². The van der Waals surface area contributed by atoms with Crippen LogP contribution in [0.15, 0.2) is 0 Å². The molecule has 0 saturated carbocycles. The summed E-state index contributed by atoms with van der Waals surface area (Å²) in [5, 5.41) is 8.32. The smallest absolute Gasteiger partial charge is 0.316 e. The second kappa shape index (κ2) is 6.28. The largest absolute Gasteiger partial charge is 0.480 e. The minimum absolute atomic E-state index is 0.0336. The van der Waals surface area contributed by atoms with E-state index in [1.54, 1.807) is 0 Å². The van der Waals surface area contributed by atoms with Gasteiger partial charge in [0.25, 0.3) is 0 Å². The predicted octanol–water partition coefficient (Wildman–Crippen LogP) is 1.84. The van der Waals surface area contributed by atoms with E-state index in [0.717, 1.165) is 25.9 Å². The molecule has 0 aromatic carbocycles. The summed E-state index contributed by atoms with van der Waals surface area (Å²) in [6, 6.07) is 0. The van der Waals surface area contributed by atoms with Crippen LogP contribution in [0.1, 0.15) is 33.6 Å². The SMILES string of the molecule is CC(SC(C(=O)O)C(C)C)C(=O)N1CCCC1. The van der Waals surface area contributed by atoms with E-state index in [2.05, 4.69) is 0 Å². The number of hydrogen-bond donors (Lipinski definition) is 1. The van der Waals surface area contributed by atoms with Gasteiger partial charge in [-0.1, -0.05) is 13.8 Å². The van der Waals surface area contributed by atoms with Gasteiger partial charge in [0.1, 0.15) is 5.25 Å². The number of rotatable bonds is 5. The average Bonchev–Trinajstić information content (AvgIpc) is 2.76. The summed E-state index contributed by atoms with van der Waals surface area (Å²) in [5.74, 6) is -0.711. The number of carbonyl (C=O) groups excluding carboxylic acids is 1. The monoisotopic (exact) mass is 259 g/mol. The lowest BCUT2D eigenvalue weighted by molar-refractivity contribution is -0.137. The van der Waals surface area contributed by atoms with Gasteiger partial charge in [-0.05, 0) is 25.7 Å². The number of nitrogens with zero attached hydrogens (tertiary/aromatic N) is 1. The molecule has 0 aliphatic carbocycles. The molecule has 1 heterocycles. The molecule has 1 aliphatic heterocycles. The minimum atomic E-state index is -0.828. The quantitative estimate of drug-likeness (QED) is 0.818. The van der Waals surface area contributed by atoms with Crippen LogP contribution in [0.5, 0.6) is 0 Å². The lowest BCUT2D eigenvalue weighted by atomic mass is 10.1. The van der Waals surface area contributed by atoms with Crippen molar-refractivity contribution in [2.75, 3.05) is 13.1 Å². The van der Waals surface area contributed by atoms with Crippen molar-refractivity contribution < 1.29 is 14.7 Å².